The van der Waals surface area contributed by atoms with Crippen LogP contribution in [0.5, 0.6) is 11.5 Å². The molecule has 0 radical (unpaired) electrons. The van der Waals surface area contributed by atoms with Crippen LogP contribution in [0.3, 0.4) is 0 Å². The van der Waals surface area contributed by atoms with Crippen molar-refractivity contribution < 1.29 is 32.2 Å². The first-order valence-corrected chi connectivity index (χ1v) is 9.83. The van der Waals surface area contributed by atoms with Crippen LogP contribution in [0.4, 0.5) is 5.69 Å². The number of carbonyl (C=O) groups excluding carboxylic acids is 2. The summed E-state index contributed by atoms with van der Waals surface area (Å²) in [5, 5.41) is 2.56. The molecule has 0 saturated heterocycles. The van der Waals surface area contributed by atoms with E-state index < -0.39 is 28.4 Å². The number of nitrogens with zero attached hydrogens (tertiary/aromatic N) is 1. The molecular formula is C19H22N2O7S. The Balaban J connectivity index is 2.16. The number of benzene rings is 2. The topological polar surface area (TPSA) is 111 Å². The largest absolute Gasteiger partial charge is 0.497 e. The van der Waals surface area contributed by atoms with Crippen LogP contribution < -0.4 is 14.8 Å². The Kier molecular flexibility index (Phi) is 7.18. The molecule has 0 aliphatic rings. The van der Waals surface area contributed by atoms with E-state index in [1.54, 1.807) is 0 Å². The van der Waals surface area contributed by atoms with Crippen molar-refractivity contribution in [2.45, 2.75) is 4.90 Å². The minimum Gasteiger partial charge on any atom is -0.497 e. The molecular weight excluding hydrogens is 400 g/mol. The first-order chi connectivity index (χ1) is 13.7. The average Bonchev–Trinajstić information content (AvgIpc) is 2.72. The number of methoxy groups -OCH3 is 3. The Hall–Kier alpha value is -3.11. The van der Waals surface area contributed by atoms with Crippen LogP contribution in [0.1, 0.15) is 10.4 Å². The van der Waals surface area contributed by atoms with Gasteiger partial charge < -0.3 is 19.5 Å². The van der Waals surface area contributed by atoms with Crippen LogP contribution in [0.2, 0.25) is 0 Å². The Morgan fingerprint density at radius 2 is 1.66 bits per heavy atom. The van der Waals surface area contributed by atoms with Crippen LogP contribution >= 0.6 is 0 Å². The summed E-state index contributed by atoms with van der Waals surface area (Å²) >= 11 is 0. The van der Waals surface area contributed by atoms with E-state index in [4.69, 9.17) is 9.47 Å². The van der Waals surface area contributed by atoms with Gasteiger partial charge in [-0.1, -0.05) is 0 Å². The van der Waals surface area contributed by atoms with Gasteiger partial charge >= 0.3 is 5.97 Å². The van der Waals surface area contributed by atoms with Crippen molar-refractivity contribution in [3.63, 3.8) is 0 Å². The van der Waals surface area contributed by atoms with Gasteiger partial charge in [-0.25, -0.2) is 13.2 Å². The molecule has 2 aromatic carbocycles. The Bertz CT molecular complexity index is 988. The fourth-order valence-electron chi connectivity index (χ4n) is 2.46. The number of carbonyl (C=O) groups is 2. The molecule has 156 valence electrons. The number of hydrogen-bond acceptors (Lipinski definition) is 7. The number of rotatable bonds is 8. The maximum atomic E-state index is 12.6. The zero-order valence-corrected chi connectivity index (χ0v) is 17.3. The molecule has 0 bridgehead atoms. The van der Waals surface area contributed by atoms with Crippen molar-refractivity contribution in [3.8, 4) is 11.5 Å². The number of ether oxygens (including phenoxy) is 3. The second-order valence-electron chi connectivity index (χ2n) is 5.89. The second-order valence-corrected chi connectivity index (χ2v) is 7.94. The monoisotopic (exact) mass is 422 g/mol. The van der Waals surface area contributed by atoms with Crippen LogP contribution in [0.25, 0.3) is 0 Å². The Morgan fingerprint density at radius 3 is 2.21 bits per heavy atom. The summed E-state index contributed by atoms with van der Waals surface area (Å²) in [6.45, 7) is -0.444. The van der Waals surface area contributed by atoms with Gasteiger partial charge in [0, 0.05) is 7.05 Å². The molecule has 2 aromatic rings. The number of hydrogen-bond donors (Lipinski definition) is 1. The standard InChI is InChI=1S/C19H22N2O7S/c1-21(29(24,25)15-8-6-14(26-2)7-9-15)12-18(22)20-16-11-13(19(23)28-4)5-10-17(16)27-3/h5-11H,12H2,1-4H3,(H,20,22). The molecule has 0 aliphatic carbocycles. The lowest BCUT2D eigenvalue weighted by molar-refractivity contribution is -0.116. The molecule has 29 heavy (non-hydrogen) atoms. The number of likely N-dealkylation sites (N-methyl/N-ethyl adjacent to an activating group) is 1. The van der Waals surface area contributed by atoms with Gasteiger partial charge in [-0.05, 0) is 42.5 Å². The molecule has 0 spiro atoms. The summed E-state index contributed by atoms with van der Waals surface area (Å²) in [5.74, 6) is -0.360. The zero-order chi connectivity index (χ0) is 21.6. The highest BCUT2D eigenvalue weighted by Gasteiger charge is 2.23. The molecule has 0 saturated carbocycles. The van der Waals surface area contributed by atoms with Gasteiger partial charge in [-0.2, -0.15) is 4.31 Å². The summed E-state index contributed by atoms with van der Waals surface area (Å²) in [7, 11) is 1.53. The summed E-state index contributed by atoms with van der Waals surface area (Å²) in [5.41, 5.74) is 0.429. The predicted molar refractivity (Wildman–Crippen MR) is 106 cm³/mol. The highest BCUT2D eigenvalue weighted by atomic mass is 32.2. The smallest absolute Gasteiger partial charge is 0.337 e. The fraction of sp³-hybridized carbons (Fsp3) is 0.263. The number of amides is 1. The maximum absolute atomic E-state index is 12.6. The fourth-order valence-corrected chi connectivity index (χ4v) is 3.58. The molecule has 0 fully saturated rings. The normalized spacial score (nSPS) is 11.1. The Morgan fingerprint density at radius 1 is 1.00 bits per heavy atom. The molecule has 1 amide bonds. The minimum absolute atomic E-state index is 0.0267. The molecule has 2 rings (SSSR count). The van der Waals surface area contributed by atoms with Gasteiger partial charge in [0.25, 0.3) is 0 Å². The minimum atomic E-state index is -3.88. The van der Waals surface area contributed by atoms with Crippen LogP contribution in [-0.2, 0) is 19.6 Å². The van der Waals surface area contributed by atoms with E-state index in [0.717, 1.165) is 4.31 Å². The van der Waals surface area contributed by atoms with Gasteiger partial charge in [0.05, 0.1) is 44.0 Å². The lowest BCUT2D eigenvalue weighted by Crippen LogP contribution is -2.35. The predicted octanol–water partition coefficient (Wildman–Crippen LogP) is 1.75. The maximum Gasteiger partial charge on any atom is 0.337 e. The molecule has 0 heterocycles. The van der Waals surface area contributed by atoms with Gasteiger partial charge in [0.15, 0.2) is 0 Å². The molecule has 0 atom stereocenters. The van der Waals surface area contributed by atoms with E-state index in [2.05, 4.69) is 10.1 Å². The van der Waals surface area contributed by atoms with E-state index >= 15 is 0 Å². The lowest BCUT2D eigenvalue weighted by atomic mass is 10.2. The third-order valence-corrected chi connectivity index (χ3v) is 5.85. The summed E-state index contributed by atoms with van der Waals surface area (Å²) in [6, 6.07) is 10.2. The molecule has 0 unspecified atom stereocenters. The quantitative estimate of drug-likeness (QED) is 0.645. The molecule has 9 nitrogen and oxygen atoms in total. The average molecular weight is 422 g/mol. The third-order valence-electron chi connectivity index (χ3n) is 4.03. The van der Waals surface area contributed by atoms with Gasteiger partial charge in [-0.15, -0.1) is 0 Å². The Labute approximate surface area is 169 Å². The highest BCUT2D eigenvalue weighted by molar-refractivity contribution is 7.89. The van der Waals surface area contributed by atoms with Crippen LogP contribution in [-0.4, -0.2) is 59.5 Å². The van der Waals surface area contributed by atoms with Crippen molar-refractivity contribution in [2.75, 3.05) is 40.2 Å². The molecule has 0 aliphatic heterocycles. The highest BCUT2D eigenvalue weighted by Crippen LogP contribution is 2.26. The zero-order valence-electron chi connectivity index (χ0n) is 16.5. The van der Waals surface area contributed by atoms with Gasteiger partial charge in [-0.3, -0.25) is 4.79 Å². The summed E-state index contributed by atoms with van der Waals surface area (Å²) in [6.07, 6.45) is 0. The van der Waals surface area contributed by atoms with Crippen molar-refractivity contribution in [1.29, 1.82) is 0 Å². The molecule has 1 N–H and O–H groups in total. The first kappa shape index (κ1) is 22.2. The van der Waals surface area contributed by atoms with Crippen LogP contribution in [0.15, 0.2) is 47.4 Å². The van der Waals surface area contributed by atoms with Crippen molar-refractivity contribution >= 4 is 27.6 Å². The molecule has 0 aromatic heterocycles. The summed E-state index contributed by atoms with van der Waals surface area (Å²) < 4.78 is 41.0. The van der Waals surface area contributed by atoms with Crippen molar-refractivity contribution in [1.82, 2.24) is 4.31 Å². The van der Waals surface area contributed by atoms with Gasteiger partial charge in [0.2, 0.25) is 15.9 Å². The van der Waals surface area contributed by atoms with Crippen molar-refractivity contribution in [2.24, 2.45) is 0 Å². The van der Waals surface area contributed by atoms with E-state index in [0.29, 0.717) is 11.5 Å². The van der Waals surface area contributed by atoms with Gasteiger partial charge in [0.1, 0.15) is 11.5 Å². The SMILES string of the molecule is COC(=O)c1ccc(OC)c(NC(=O)CN(C)S(=O)(=O)c2ccc(OC)cc2)c1. The third kappa shape index (κ3) is 5.24. The van der Waals surface area contributed by atoms with E-state index in [-0.39, 0.29) is 16.1 Å². The summed E-state index contributed by atoms with van der Waals surface area (Å²) in [4.78, 5) is 24.1. The van der Waals surface area contributed by atoms with E-state index in [9.17, 15) is 18.0 Å². The number of esters is 1. The van der Waals surface area contributed by atoms with E-state index in [1.165, 1.54) is 70.8 Å². The van der Waals surface area contributed by atoms with Crippen LogP contribution in [0, 0.1) is 0 Å². The second kappa shape index (κ2) is 9.39. The lowest BCUT2D eigenvalue weighted by Gasteiger charge is -2.18. The number of anilines is 1. The number of nitrogens with one attached hydrogen (secondary N) is 1. The number of sulfonamides is 1. The van der Waals surface area contributed by atoms with E-state index in [1.807, 2.05) is 0 Å². The van der Waals surface area contributed by atoms with Crippen molar-refractivity contribution in [3.05, 3.63) is 48.0 Å². The molecule has 10 heteroatoms. The first-order valence-electron chi connectivity index (χ1n) is 8.39.